The van der Waals surface area contributed by atoms with Gasteiger partial charge < -0.3 is 15.2 Å². The van der Waals surface area contributed by atoms with Gasteiger partial charge in [0.2, 0.25) is 0 Å². The van der Waals surface area contributed by atoms with Gasteiger partial charge in [-0.05, 0) is 44.8 Å². The second kappa shape index (κ2) is 5.81. The van der Waals surface area contributed by atoms with Crippen LogP contribution in [0.15, 0.2) is 42.5 Å². The maximum Gasteiger partial charge on any atom is 0.141 e. The van der Waals surface area contributed by atoms with Crippen LogP contribution < -0.4 is 5.73 Å². The molecule has 0 aliphatic carbocycles. The summed E-state index contributed by atoms with van der Waals surface area (Å²) < 4.78 is 2.28. The van der Waals surface area contributed by atoms with Crippen LogP contribution in [0, 0.1) is 6.92 Å². The maximum absolute atomic E-state index is 6.08. The Kier molecular flexibility index (Phi) is 3.86. The quantitative estimate of drug-likeness (QED) is 0.752. The maximum atomic E-state index is 6.08. The molecule has 3 aromatic rings. The van der Waals surface area contributed by atoms with E-state index in [0.717, 1.165) is 41.2 Å². The van der Waals surface area contributed by atoms with Crippen molar-refractivity contribution in [3.63, 3.8) is 0 Å². The Hall–Kier alpha value is -2.33. The van der Waals surface area contributed by atoms with Gasteiger partial charge in [0.15, 0.2) is 0 Å². The number of nitrogens with zero attached hydrogens (tertiary/aromatic N) is 3. The van der Waals surface area contributed by atoms with Crippen molar-refractivity contribution in [1.29, 1.82) is 0 Å². The number of aromatic nitrogens is 2. The van der Waals surface area contributed by atoms with Gasteiger partial charge in [0.1, 0.15) is 5.82 Å². The minimum atomic E-state index is 0.809. The lowest BCUT2D eigenvalue weighted by molar-refractivity contribution is 0.387. The Balaban J connectivity index is 2.14. The summed E-state index contributed by atoms with van der Waals surface area (Å²) in [5.74, 6) is 0.981. The molecule has 0 aliphatic rings. The zero-order chi connectivity index (χ0) is 15.7. The molecule has 0 radical (unpaired) electrons. The average molecular weight is 294 g/mol. The monoisotopic (exact) mass is 294 g/mol. The summed E-state index contributed by atoms with van der Waals surface area (Å²) in [5, 5.41) is 0. The van der Waals surface area contributed by atoms with Crippen LogP contribution in [-0.2, 0) is 6.54 Å². The molecular formula is C18H22N4. The van der Waals surface area contributed by atoms with Crippen LogP contribution in [0.2, 0.25) is 0 Å². The highest BCUT2D eigenvalue weighted by molar-refractivity contribution is 5.81. The smallest absolute Gasteiger partial charge is 0.141 e. The third kappa shape index (κ3) is 2.70. The fraction of sp³-hybridized carbons (Fsp3) is 0.278. The molecule has 3 rings (SSSR count). The molecule has 0 aliphatic heterocycles. The van der Waals surface area contributed by atoms with Gasteiger partial charge in [0.25, 0.3) is 0 Å². The van der Waals surface area contributed by atoms with Crippen molar-refractivity contribution in [3.8, 4) is 11.4 Å². The molecular weight excluding hydrogens is 272 g/mol. The number of hydrogen-bond acceptors (Lipinski definition) is 3. The average Bonchev–Trinajstić information content (AvgIpc) is 2.86. The topological polar surface area (TPSA) is 47.1 Å². The SMILES string of the molecule is Cc1ccc(-c2nc3ccccc3n2CCN(C)C)cc1N. The highest BCUT2D eigenvalue weighted by Gasteiger charge is 2.13. The Morgan fingerprint density at radius 1 is 1.14 bits per heavy atom. The van der Waals surface area contributed by atoms with Crippen molar-refractivity contribution >= 4 is 16.7 Å². The van der Waals surface area contributed by atoms with Gasteiger partial charge in [-0.2, -0.15) is 0 Å². The number of anilines is 1. The molecule has 4 nitrogen and oxygen atoms in total. The highest BCUT2D eigenvalue weighted by Crippen LogP contribution is 2.27. The Morgan fingerprint density at radius 3 is 2.64 bits per heavy atom. The first-order valence-corrected chi connectivity index (χ1v) is 7.53. The summed E-state index contributed by atoms with van der Waals surface area (Å²) >= 11 is 0. The fourth-order valence-corrected chi connectivity index (χ4v) is 2.60. The number of rotatable bonds is 4. The number of likely N-dealkylation sites (N-methyl/N-ethyl adjacent to an activating group) is 1. The first-order chi connectivity index (χ1) is 10.6. The zero-order valence-corrected chi connectivity index (χ0v) is 13.4. The van der Waals surface area contributed by atoms with Crippen LogP contribution in [0.25, 0.3) is 22.4 Å². The molecule has 0 fully saturated rings. The second-order valence-corrected chi connectivity index (χ2v) is 5.95. The van der Waals surface area contributed by atoms with Crippen LogP contribution in [0.1, 0.15) is 5.56 Å². The van der Waals surface area contributed by atoms with Crippen LogP contribution in [0.4, 0.5) is 5.69 Å². The third-order valence-electron chi connectivity index (χ3n) is 3.96. The molecule has 0 saturated heterocycles. The molecule has 0 amide bonds. The van der Waals surface area contributed by atoms with Crippen LogP contribution >= 0.6 is 0 Å². The van der Waals surface area contributed by atoms with Gasteiger partial charge in [-0.3, -0.25) is 0 Å². The van der Waals surface area contributed by atoms with E-state index in [1.807, 2.05) is 19.1 Å². The standard InChI is InChI=1S/C18H22N4/c1-13-8-9-14(12-15(13)19)18-20-16-6-4-5-7-17(16)22(18)11-10-21(2)3/h4-9,12H,10-11,19H2,1-3H3. The number of para-hydroxylation sites is 2. The van der Waals surface area contributed by atoms with Crippen molar-refractivity contribution in [2.75, 3.05) is 26.4 Å². The molecule has 114 valence electrons. The summed E-state index contributed by atoms with van der Waals surface area (Å²) in [6, 6.07) is 14.4. The second-order valence-electron chi connectivity index (χ2n) is 5.95. The lowest BCUT2D eigenvalue weighted by Gasteiger charge is -2.14. The Morgan fingerprint density at radius 2 is 1.91 bits per heavy atom. The predicted octanol–water partition coefficient (Wildman–Crippen LogP) is 3.16. The zero-order valence-electron chi connectivity index (χ0n) is 13.4. The number of aryl methyl sites for hydroxylation is 1. The molecule has 0 bridgehead atoms. The minimum absolute atomic E-state index is 0.809. The summed E-state index contributed by atoms with van der Waals surface area (Å²) in [6.07, 6.45) is 0. The fourth-order valence-electron chi connectivity index (χ4n) is 2.60. The van der Waals surface area contributed by atoms with Gasteiger partial charge in [-0.25, -0.2) is 4.98 Å². The van der Waals surface area contributed by atoms with Gasteiger partial charge >= 0.3 is 0 Å². The normalized spacial score (nSPS) is 11.5. The summed E-state index contributed by atoms with van der Waals surface area (Å²) in [4.78, 5) is 7.00. The van der Waals surface area contributed by atoms with E-state index in [4.69, 9.17) is 10.7 Å². The van der Waals surface area contributed by atoms with E-state index in [2.05, 4.69) is 53.9 Å². The Bertz CT molecular complexity index is 802. The van der Waals surface area contributed by atoms with Crippen molar-refractivity contribution < 1.29 is 0 Å². The van der Waals surface area contributed by atoms with E-state index in [1.54, 1.807) is 0 Å². The molecule has 0 saturated carbocycles. The molecule has 2 aromatic carbocycles. The number of imidazole rings is 1. The lowest BCUT2D eigenvalue weighted by Crippen LogP contribution is -2.18. The first-order valence-electron chi connectivity index (χ1n) is 7.53. The molecule has 22 heavy (non-hydrogen) atoms. The number of fused-ring (bicyclic) bond motifs is 1. The molecule has 0 spiro atoms. The van der Waals surface area contributed by atoms with E-state index < -0.39 is 0 Å². The molecule has 0 unspecified atom stereocenters. The first kappa shape index (κ1) is 14.6. The van der Waals surface area contributed by atoms with E-state index in [1.165, 1.54) is 5.52 Å². The van der Waals surface area contributed by atoms with E-state index >= 15 is 0 Å². The number of nitrogens with two attached hydrogens (primary N) is 1. The number of hydrogen-bond donors (Lipinski definition) is 1. The largest absolute Gasteiger partial charge is 0.398 e. The van der Waals surface area contributed by atoms with E-state index in [9.17, 15) is 0 Å². The van der Waals surface area contributed by atoms with Crippen molar-refractivity contribution in [3.05, 3.63) is 48.0 Å². The molecule has 1 heterocycles. The van der Waals surface area contributed by atoms with E-state index in [-0.39, 0.29) is 0 Å². The third-order valence-corrected chi connectivity index (χ3v) is 3.96. The molecule has 0 atom stereocenters. The highest BCUT2D eigenvalue weighted by atomic mass is 15.1. The minimum Gasteiger partial charge on any atom is -0.398 e. The van der Waals surface area contributed by atoms with Crippen molar-refractivity contribution in [2.45, 2.75) is 13.5 Å². The Labute approximate surface area is 131 Å². The van der Waals surface area contributed by atoms with Crippen LogP contribution in [0.5, 0.6) is 0 Å². The van der Waals surface area contributed by atoms with Gasteiger partial charge in [-0.1, -0.05) is 24.3 Å². The predicted molar refractivity (Wildman–Crippen MR) is 92.9 cm³/mol. The van der Waals surface area contributed by atoms with Gasteiger partial charge in [0.05, 0.1) is 11.0 Å². The van der Waals surface area contributed by atoms with Gasteiger partial charge in [-0.15, -0.1) is 0 Å². The van der Waals surface area contributed by atoms with Gasteiger partial charge in [0, 0.05) is 24.3 Å². The summed E-state index contributed by atoms with van der Waals surface area (Å²) in [5.41, 5.74) is 11.2. The summed E-state index contributed by atoms with van der Waals surface area (Å²) in [7, 11) is 4.17. The van der Waals surface area contributed by atoms with Crippen LogP contribution in [0.3, 0.4) is 0 Å². The van der Waals surface area contributed by atoms with Crippen molar-refractivity contribution in [1.82, 2.24) is 14.5 Å². The number of benzene rings is 2. The van der Waals surface area contributed by atoms with E-state index in [0.29, 0.717) is 0 Å². The molecule has 4 heteroatoms. The lowest BCUT2D eigenvalue weighted by atomic mass is 10.1. The van der Waals surface area contributed by atoms with Crippen LogP contribution in [-0.4, -0.2) is 35.1 Å². The van der Waals surface area contributed by atoms with Crippen molar-refractivity contribution in [2.24, 2.45) is 0 Å². The molecule has 2 N–H and O–H groups in total. The summed E-state index contributed by atoms with van der Waals surface area (Å²) in [6.45, 7) is 3.89. The molecule has 1 aromatic heterocycles. The number of nitrogen functional groups attached to an aromatic ring is 1.